The van der Waals surface area contributed by atoms with Gasteiger partial charge in [-0.1, -0.05) is 24.3 Å². The van der Waals surface area contributed by atoms with Crippen LogP contribution in [0.3, 0.4) is 0 Å². The van der Waals surface area contributed by atoms with Crippen LogP contribution >= 0.6 is 0 Å². The fourth-order valence-corrected chi connectivity index (χ4v) is 2.68. The van der Waals surface area contributed by atoms with E-state index in [0.717, 1.165) is 11.0 Å². The molecule has 5 nitrogen and oxygen atoms in total. The summed E-state index contributed by atoms with van der Waals surface area (Å²) in [6, 6.07) is 9.77. The van der Waals surface area contributed by atoms with Crippen molar-refractivity contribution in [1.82, 2.24) is 10.2 Å². The molecule has 2 aromatic carbocycles. The molecule has 0 aliphatic carbocycles. The molecule has 1 N–H and O–H groups in total. The fourth-order valence-electron chi connectivity index (χ4n) is 2.68. The summed E-state index contributed by atoms with van der Waals surface area (Å²) < 4.78 is 27.2. The molecular weight excluding hydrogens is 330 g/mol. The molecule has 1 aliphatic rings. The minimum Gasteiger partial charge on any atom is -0.354 e. The minimum atomic E-state index is -0.748. The van der Waals surface area contributed by atoms with Crippen molar-refractivity contribution in [2.45, 2.75) is 6.42 Å². The first-order chi connectivity index (χ1) is 12.0. The number of benzene rings is 2. The number of fused-ring (bicyclic) bond motifs is 1. The van der Waals surface area contributed by atoms with Crippen LogP contribution in [0.15, 0.2) is 42.5 Å². The summed E-state index contributed by atoms with van der Waals surface area (Å²) in [5.74, 6) is -2.98. The molecule has 7 heteroatoms. The number of amides is 3. The maximum Gasteiger partial charge on any atom is 0.264 e. The van der Waals surface area contributed by atoms with Crippen molar-refractivity contribution in [1.29, 1.82) is 0 Å². The molecule has 0 saturated carbocycles. The summed E-state index contributed by atoms with van der Waals surface area (Å²) in [6.45, 7) is -0.0881. The van der Waals surface area contributed by atoms with E-state index < -0.39 is 29.4 Å². The molecule has 0 bridgehead atoms. The normalized spacial score (nSPS) is 13.1. The third-order valence-corrected chi connectivity index (χ3v) is 3.91. The zero-order chi connectivity index (χ0) is 18.0. The maximum atomic E-state index is 13.7. The maximum absolute atomic E-state index is 13.7. The first kappa shape index (κ1) is 16.8. The highest BCUT2D eigenvalue weighted by Gasteiger charge is 2.37. The number of carbonyl (C=O) groups is 3. The number of nitrogens with one attached hydrogen (secondary N) is 1. The molecule has 0 spiro atoms. The number of rotatable bonds is 5. The standard InChI is InChI=1S/C18H14F2N2O3/c19-13-6-2-1-4-11(13)10-15(23)21-8-9-22-17(24)12-5-3-7-14(20)16(12)18(22)25/h1-7H,8-10H2,(H,21,23). The van der Waals surface area contributed by atoms with E-state index in [4.69, 9.17) is 0 Å². The Bertz CT molecular complexity index is 867. The van der Waals surface area contributed by atoms with Crippen LogP contribution in [0.5, 0.6) is 0 Å². The van der Waals surface area contributed by atoms with Crippen molar-refractivity contribution in [3.8, 4) is 0 Å². The number of hydrogen-bond acceptors (Lipinski definition) is 3. The highest BCUT2D eigenvalue weighted by molar-refractivity contribution is 6.21. The molecule has 25 heavy (non-hydrogen) atoms. The van der Waals surface area contributed by atoms with Gasteiger partial charge in [0.25, 0.3) is 11.8 Å². The van der Waals surface area contributed by atoms with Crippen LogP contribution < -0.4 is 5.32 Å². The third-order valence-electron chi connectivity index (χ3n) is 3.91. The summed E-state index contributed by atoms with van der Waals surface area (Å²) in [6.07, 6.45) is -0.149. The summed E-state index contributed by atoms with van der Waals surface area (Å²) >= 11 is 0. The van der Waals surface area contributed by atoms with Crippen LogP contribution in [0.1, 0.15) is 26.3 Å². The Morgan fingerprint density at radius 1 is 0.960 bits per heavy atom. The highest BCUT2D eigenvalue weighted by atomic mass is 19.1. The zero-order valence-electron chi connectivity index (χ0n) is 13.1. The zero-order valence-corrected chi connectivity index (χ0v) is 13.1. The fraction of sp³-hybridized carbons (Fsp3) is 0.167. The van der Waals surface area contributed by atoms with Crippen molar-refractivity contribution in [3.05, 3.63) is 70.8 Å². The van der Waals surface area contributed by atoms with Gasteiger partial charge >= 0.3 is 0 Å². The van der Waals surface area contributed by atoms with Crippen molar-refractivity contribution in [2.24, 2.45) is 0 Å². The molecule has 128 valence electrons. The van der Waals surface area contributed by atoms with Gasteiger partial charge < -0.3 is 5.32 Å². The van der Waals surface area contributed by atoms with Crippen molar-refractivity contribution in [2.75, 3.05) is 13.1 Å². The average Bonchev–Trinajstić information content (AvgIpc) is 2.83. The Balaban J connectivity index is 1.57. The lowest BCUT2D eigenvalue weighted by molar-refractivity contribution is -0.120. The van der Waals surface area contributed by atoms with E-state index in [1.807, 2.05) is 0 Å². The largest absolute Gasteiger partial charge is 0.354 e. The van der Waals surface area contributed by atoms with Gasteiger partial charge in [-0.15, -0.1) is 0 Å². The van der Waals surface area contributed by atoms with Gasteiger partial charge in [-0.3, -0.25) is 19.3 Å². The van der Waals surface area contributed by atoms with Crippen LogP contribution in [0.25, 0.3) is 0 Å². The van der Waals surface area contributed by atoms with Crippen LogP contribution in [-0.2, 0) is 11.2 Å². The summed E-state index contributed by atoms with van der Waals surface area (Å²) in [4.78, 5) is 37.0. The van der Waals surface area contributed by atoms with Gasteiger partial charge in [-0.25, -0.2) is 8.78 Å². The Morgan fingerprint density at radius 2 is 1.68 bits per heavy atom. The van der Waals surface area contributed by atoms with Crippen molar-refractivity contribution >= 4 is 17.7 Å². The molecule has 0 radical (unpaired) electrons. The van der Waals surface area contributed by atoms with Gasteiger partial charge in [0, 0.05) is 13.1 Å². The van der Waals surface area contributed by atoms with E-state index in [-0.39, 0.29) is 36.2 Å². The molecule has 0 fully saturated rings. The lowest BCUT2D eigenvalue weighted by Crippen LogP contribution is -2.38. The average molecular weight is 344 g/mol. The lowest BCUT2D eigenvalue weighted by Gasteiger charge is -2.14. The van der Waals surface area contributed by atoms with Gasteiger partial charge in [0.2, 0.25) is 5.91 Å². The lowest BCUT2D eigenvalue weighted by atomic mass is 10.1. The predicted molar refractivity (Wildman–Crippen MR) is 84.9 cm³/mol. The van der Waals surface area contributed by atoms with Crippen LogP contribution in [-0.4, -0.2) is 35.7 Å². The van der Waals surface area contributed by atoms with Gasteiger partial charge in [-0.05, 0) is 23.8 Å². The SMILES string of the molecule is O=C(Cc1ccccc1F)NCCN1C(=O)c2cccc(F)c2C1=O. The monoisotopic (exact) mass is 344 g/mol. The molecule has 0 atom stereocenters. The topological polar surface area (TPSA) is 66.5 Å². The van der Waals surface area contributed by atoms with Gasteiger partial charge in [0.05, 0.1) is 17.5 Å². The Labute approximate surface area is 142 Å². The van der Waals surface area contributed by atoms with E-state index in [9.17, 15) is 23.2 Å². The molecule has 3 rings (SSSR count). The number of imide groups is 1. The smallest absolute Gasteiger partial charge is 0.264 e. The van der Waals surface area contributed by atoms with Crippen molar-refractivity contribution < 1.29 is 23.2 Å². The number of carbonyl (C=O) groups excluding carboxylic acids is 3. The summed E-state index contributed by atoms with van der Waals surface area (Å²) in [7, 11) is 0. The van der Waals surface area contributed by atoms with E-state index in [2.05, 4.69) is 5.32 Å². The van der Waals surface area contributed by atoms with Crippen LogP contribution in [0.4, 0.5) is 8.78 Å². The second-order valence-corrected chi connectivity index (χ2v) is 5.54. The summed E-state index contributed by atoms with van der Waals surface area (Å²) in [5.41, 5.74) is 0.0238. The molecule has 3 amide bonds. The van der Waals surface area contributed by atoms with E-state index in [1.54, 1.807) is 6.07 Å². The highest BCUT2D eigenvalue weighted by Crippen LogP contribution is 2.24. The van der Waals surface area contributed by atoms with Gasteiger partial charge in [0.15, 0.2) is 0 Å². The number of nitrogens with zero attached hydrogens (tertiary/aromatic N) is 1. The molecule has 0 saturated heterocycles. The van der Waals surface area contributed by atoms with E-state index >= 15 is 0 Å². The second-order valence-electron chi connectivity index (χ2n) is 5.54. The van der Waals surface area contributed by atoms with Gasteiger partial charge in [0.1, 0.15) is 11.6 Å². The Hall–Kier alpha value is -3.09. The van der Waals surface area contributed by atoms with E-state index in [0.29, 0.717) is 0 Å². The summed E-state index contributed by atoms with van der Waals surface area (Å²) in [5, 5.41) is 2.52. The Kier molecular flexibility index (Phi) is 4.56. The quantitative estimate of drug-likeness (QED) is 0.843. The number of hydrogen-bond donors (Lipinski definition) is 1. The Morgan fingerprint density at radius 3 is 2.40 bits per heavy atom. The third kappa shape index (κ3) is 3.26. The van der Waals surface area contributed by atoms with Gasteiger partial charge in [-0.2, -0.15) is 0 Å². The minimum absolute atomic E-state index is 0.000371. The second kappa shape index (κ2) is 6.80. The van der Waals surface area contributed by atoms with Crippen LogP contribution in [0, 0.1) is 11.6 Å². The predicted octanol–water partition coefficient (Wildman–Crippen LogP) is 1.92. The molecule has 0 aromatic heterocycles. The molecule has 1 aliphatic heterocycles. The first-order valence-corrected chi connectivity index (χ1v) is 7.64. The molecular formula is C18H14F2N2O3. The van der Waals surface area contributed by atoms with Crippen LogP contribution in [0.2, 0.25) is 0 Å². The molecule has 2 aromatic rings. The molecule has 1 heterocycles. The first-order valence-electron chi connectivity index (χ1n) is 7.64. The molecule has 0 unspecified atom stereocenters. The number of halogens is 2. The van der Waals surface area contributed by atoms with Crippen molar-refractivity contribution in [3.63, 3.8) is 0 Å². The van der Waals surface area contributed by atoms with E-state index in [1.165, 1.54) is 30.3 Å².